The predicted octanol–water partition coefficient (Wildman–Crippen LogP) is 2.23. The van der Waals surface area contributed by atoms with Crippen LogP contribution in [-0.4, -0.2) is 37.9 Å². The SMILES string of the molecule is CC(=O)Nc1cccc(-n2cnnc2SC(C)C(=O)NC(C)C)c1. The molecule has 0 spiro atoms. The average Bonchev–Trinajstić information content (AvgIpc) is 2.94. The van der Waals surface area contributed by atoms with Crippen molar-refractivity contribution in [2.75, 3.05) is 5.32 Å². The van der Waals surface area contributed by atoms with Crippen LogP contribution in [0, 0.1) is 0 Å². The minimum absolute atomic E-state index is 0.0449. The highest BCUT2D eigenvalue weighted by Gasteiger charge is 2.19. The molecule has 1 heterocycles. The van der Waals surface area contributed by atoms with E-state index in [9.17, 15) is 9.59 Å². The molecule has 2 rings (SSSR count). The number of hydrogen-bond donors (Lipinski definition) is 2. The number of thioether (sulfide) groups is 1. The molecule has 0 aliphatic heterocycles. The Kier molecular flexibility index (Phi) is 5.97. The van der Waals surface area contributed by atoms with Crippen LogP contribution in [0.1, 0.15) is 27.7 Å². The molecule has 0 radical (unpaired) electrons. The van der Waals surface area contributed by atoms with Crippen molar-refractivity contribution in [1.29, 1.82) is 0 Å². The molecule has 1 aromatic heterocycles. The van der Waals surface area contributed by atoms with Crippen molar-refractivity contribution >= 4 is 29.3 Å². The van der Waals surface area contributed by atoms with Gasteiger partial charge in [0.2, 0.25) is 11.8 Å². The van der Waals surface area contributed by atoms with Gasteiger partial charge in [-0.15, -0.1) is 10.2 Å². The van der Waals surface area contributed by atoms with Gasteiger partial charge in [-0.3, -0.25) is 14.2 Å². The van der Waals surface area contributed by atoms with Crippen LogP contribution in [0.15, 0.2) is 35.7 Å². The normalized spacial score (nSPS) is 12.0. The lowest BCUT2D eigenvalue weighted by Crippen LogP contribution is -2.36. The van der Waals surface area contributed by atoms with Crippen molar-refractivity contribution < 1.29 is 9.59 Å². The fraction of sp³-hybridized carbons (Fsp3) is 0.375. The number of nitrogens with one attached hydrogen (secondary N) is 2. The molecule has 7 nitrogen and oxygen atoms in total. The van der Waals surface area contributed by atoms with E-state index in [4.69, 9.17) is 0 Å². The average molecular weight is 347 g/mol. The van der Waals surface area contributed by atoms with E-state index < -0.39 is 0 Å². The molecule has 8 heteroatoms. The molecule has 1 aromatic carbocycles. The maximum Gasteiger partial charge on any atom is 0.233 e. The van der Waals surface area contributed by atoms with Gasteiger partial charge in [0.15, 0.2) is 5.16 Å². The van der Waals surface area contributed by atoms with Crippen LogP contribution in [0.2, 0.25) is 0 Å². The first kappa shape index (κ1) is 18.0. The predicted molar refractivity (Wildman–Crippen MR) is 94.3 cm³/mol. The quantitative estimate of drug-likeness (QED) is 0.782. The first-order valence-electron chi connectivity index (χ1n) is 7.62. The number of aromatic nitrogens is 3. The fourth-order valence-electron chi connectivity index (χ4n) is 2.03. The van der Waals surface area contributed by atoms with Crippen LogP contribution in [-0.2, 0) is 9.59 Å². The second kappa shape index (κ2) is 7.96. The second-order valence-electron chi connectivity index (χ2n) is 5.64. The number of anilines is 1. The number of benzene rings is 1. The minimum atomic E-state index is -0.297. The molecule has 0 fully saturated rings. The molecule has 2 aromatic rings. The summed E-state index contributed by atoms with van der Waals surface area (Å²) in [5.41, 5.74) is 1.50. The van der Waals surface area contributed by atoms with Crippen LogP contribution in [0.5, 0.6) is 0 Å². The Labute approximate surface area is 145 Å². The van der Waals surface area contributed by atoms with Gasteiger partial charge in [0.05, 0.1) is 10.9 Å². The van der Waals surface area contributed by atoms with Gasteiger partial charge in [0, 0.05) is 18.7 Å². The zero-order chi connectivity index (χ0) is 17.7. The summed E-state index contributed by atoms with van der Waals surface area (Å²) in [6, 6.07) is 7.45. The summed E-state index contributed by atoms with van der Waals surface area (Å²) in [7, 11) is 0. The topological polar surface area (TPSA) is 88.9 Å². The van der Waals surface area contributed by atoms with Crippen LogP contribution in [0.3, 0.4) is 0 Å². The smallest absolute Gasteiger partial charge is 0.233 e. The van der Waals surface area contributed by atoms with Gasteiger partial charge < -0.3 is 10.6 Å². The first-order valence-corrected chi connectivity index (χ1v) is 8.50. The number of hydrogen-bond acceptors (Lipinski definition) is 5. The van der Waals surface area contributed by atoms with Gasteiger partial charge >= 0.3 is 0 Å². The lowest BCUT2D eigenvalue weighted by atomic mass is 10.2. The molecule has 0 saturated heterocycles. The molecule has 0 saturated carbocycles. The molecule has 1 unspecified atom stereocenters. The number of carbonyl (C=O) groups excluding carboxylic acids is 2. The summed E-state index contributed by atoms with van der Waals surface area (Å²) in [5.74, 6) is -0.180. The van der Waals surface area contributed by atoms with Crippen molar-refractivity contribution in [3.8, 4) is 5.69 Å². The van der Waals surface area contributed by atoms with E-state index in [1.165, 1.54) is 18.7 Å². The highest BCUT2D eigenvalue weighted by molar-refractivity contribution is 8.00. The first-order chi connectivity index (χ1) is 11.4. The highest BCUT2D eigenvalue weighted by atomic mass is 32.2. The summed E-state index contributed by atoms with van der Waals surface area (Å²) in [5, 5.41) is 14.0. The Morgan fingerprint density at radius 2 is 2.00 bits per heavy atom. The number of amides is 2. The van der Waals surface area contributed by atoms with Gasteiger partial charge in [0.1, 0.15) is 6.33 Å². The Morgan fingerprint density at radius 3 is 2.67 bits per heavy atom. The van der Waals surface area contributed by atoms with E-state index in [0.717, 1.165) is 5.69 Å². The van der Waals surface area contributed by atoms with Crippen molar-refractivity contribution in [1.82, 2.24) is 20.1 Å². The third kappa shape index (κ3) is 4.82. The van der Waals surface area contributed by atoms with Crippen molar-refractivity contribution in [2.45, 2.75) is 44.1 Å². The number of rotatable bonds is 6. The van der Waals surface area contributed by atoms with Crippen molar-refractivity contribution in [3.05, 3.63) is 30.6 Å². The summed E-state index contributed by atoms with van der Waals surface area (Å²) in [4.78, 5) is 23.3. The molecule has 128 valence electrons. The minimum Gasteiger partial charge on any atom is -0.353 e. The fourth-order valence-corrected chi connectivity index (χ4v) is 2.88. The Morgan fingerprint density at radius 1 is 1.25 bits per heavy atom. The molecule has 1 atom stereocenters. The van der Waals surface area contributed by atoms with Crippen LogP contribution in [0.25, 0.3) is 5.69 Å². The summed E-state index contributed by atoms with van der Waals surface area (Å²) >= 11 is 1.33. The third-order valence-corrected chi connectivity index (χ3v) is 4.10. The zero-order valence-corrected chi connectivity index (χ0v) is 14.9. The molecular weight excluding hydrogens is 326 g/mol. The molecule has 0 aliphatic rings. The lowest BCUT2D eigenvalue weighted by molar-refractivity contribution is -0.120. The Balaban J connectivity index is 2.18. The molecule has 24 heavy (non-hydrogen) atoms. The summed E-state index contributed by atoms with van der Waals surface area (Å²) in [6.07, 6.45) is 1.59. The lowest BCUT2D eigenvalue weighted by Gasteiger charge is -2.14. The summed E-state index contributed by atoms with van der Waals surface area (Å²) < 4.78 is 1.79. The third-order valence-electron chi connectivity index (χ3n) is 3.04. The van der Waals surface area contributed by atoms with Gasteiger partial charge in [-0.25, -0.2) is 0 Å². The van der Waals surface area contributed by atoms with Gasteiger partial charge in [0.25, 0.3) is 0 Å². The van der Waals surface area contributed by atoms with E-state index in [1.807, 2.05) is 39.0 Å². The van der Waals surface area contributed by atoms with E-state index in [0.29, 0.717) is 10.8 Å². The van der Waals surface area contributed by atoms with Gasteiger partial charge in [-0.2, -0.15) is 0 Å². The second-order valence-corrected chi connectivity index (χ2v) is 6.95. The standard InChI is InChI=1S/C16H21N5O2S/c1-10(2)18-15(23)11(3)24-16-20-17-9-21(16)14-7-5-6-13(8-14)19-12(4)22/h5-11H,1-4H3,(H,18,23)(H,19,22). The Bertz CT molecular complexity index is 729. The van der Waals surface area contributed by atoms with Crippen LogP contribution < -0.4 is 10.6 Å². The van der Waals surface area contributed by atoms with Crippen molar-refractivity contribution in [2.24, 2.45) is 0 Å². The van der Waals surface area contributed by atoms with E-state index in [-0.39, 0.29) is 23.1 Å². The monoisotopic (exact) mass is 347 g/mol. The van der Waals surface area contributed by atoms with Crippen LogP contribution in [0.4, 0.5) is 5.69 Å². The maximum atomic E-state index is 12.1. The highest BCUT2D eigenvalue weighted by Crippen LogP contribution is 2.25. The maximum absolute atomic E-state index is 12.1. The van der Waals surface area contributed by atoms with E-state index in [1.54, 1.807) is 17.0 Å². The van der Waals surface area contributed by atoms with Gasteiger partial charge in [-0.05, 0) is 39.0 Å². The molecular formula is C16H21N5O2S. The zero-order valence-electron chi connectivity index (χ0n) is 14.1. The molecule has 0 aliphatic carbocycles. The van der Waals surface area contributed by atoms with Crippen LogP contribution >= 0.6 is 11.8 Å². The molecule has 0 bridgehead atoms. The number of carbonyl (C=O) groups is 2. The van der Waals surface area contributed by atoms with Crippen molar-refractivity contribution in [3.63, 3.8) is 0 Å². The largest absolute Gasteiger partial charge is 0.353 e. The van der Waals surface area contributed by atoms with E-state index >= 15 is 0 Å². The Hall–Kier alpha value is -2.35. The summed E-state index contributed by atoms with van der Waals surface area (Å²) in [6.45, 7) is 7.13. The van der Waals surface area contributed by atoms with E-state index in [2.05, 4.69) is 20.8 Å². The molecule has 2 N–H and O–H groups in total. The number of nitrogens with zero attached hydrogens (tertiary/aromatic N) is 3. The van der Waals surface area contributed by atoms with Gasteiger partial charge in [-0.1, -0.05) is 17.8 Å². The molecule has 2 amide bonds.